The third kappa shape index (κ3) is 3.82. The van der Waals surface area contributed by atoms with E-state index in [4.69, 9.17) is 4.74 Å². The summed E-state index contributed by atoms with van der Waals surface area (Å²) in [4.78, 5) is 37.1. The molecule has 0 radical (unpaired) electrons. The molecule has 0 spiro atoms. The van der Waals surface area contributed by atoms with E-state index in [9.17, 15) is 14.4 Å². The van der Waals surface area contributed by atoms with Crippen molar-refractivity contribution in [2.24, 2.45) is 23.2 Å². The van der Waals surface area contributed by atoms with Gasteiger partial charge in [0.05, 0.1) is 5.92 Å². The van der Waals surface area contributed by atoms with Crippen LogP contribution in [-0.4, -0.2) is 36.0 Å². The van der Waals surface area contributed by atoms with Crippen LogP contribution in [0.4, 0.5) is 4.79 Å². The van der Waals surface area contributed by atoms with Crippen molar-refractivity contribution in [3.05, 3.63) is 0 Å². The van der Waals surface area contributed by atoms with E-state index in [0.29, 0.717) is 19.4 Å². The first kappa shape index (κ1) is 18.2. The minimum absolute atomic E-state index is 0.0417. The zero-order valence-electron chi connectivity index (χ0n) is 15.7. The van der Waals surface area contributed by atoms with Crippen molar-refractivity contribution in [1.82, 2.24) is 10.6 Å². The van der Waals surface area contributed by atoms with E-state index in [0.717, 1.165) is 12.8 Å². The monoisotopic (exact) mass is 350 g/mol. The van der Waals surface area contributed by atoms with E-state index in [-0.39, 0.29) is 35.0 Å². The van der Waals surface area contributed by atoms with E-state index in [1.54, 1.807) is 20.8 Å². The molecule has 3 aliphatic rings. The second-order valence-corrected chi connectivity index (χ2v) is 9.35. The number of amides is 2. The molecular weight excluding hydrogens is 320 g/mol. The Morgan fingerprint density at radius 3 is 2.52 bits per heavy atom. The van der Waals surface area contributed by atoms with Crippen molar-refractivity contribution in [2.45, 2.75) is 71.4 Å². The molecule has 0 aliphatic heterocycles. The van der Waals surface area contributed by atoms with E-state index in [1.807, 2.05) is 0 Å². The van der Waals surface area contributed by atoms with Gasteiger partial charge in [0.1, 0.15) is 11.4 Å². The Hall–Kier alpha value is -1.59. The maximum absolute atomic E-state index is 12.8. The molecule has 25 heavy (non-hydrogen) atoms. The molecule has 3 rings (SSSR count). The first-order chi connectivity index (χ1) is 11.6. The van der Waals surface area contributed by atoms with Crippen LogP contribution in [0, 0.1) is 23.2 Å². The Morgan fingerprint density at radius 2 is 1.96 bits per heavy atom. The van der Waals surface area contributed by atoms with Gasteiger partial charge in [-0.3, -0.25) is 9.59 Å². The lowest BCUT2D eigenvalue weighted by molar-refractivity contribution is -0.134. The predicted octanol–water partition coefficient (Wildman–Crippen LogP) is 2.41. The van der Waals surface area contributed by atoms with Crippen LogP contribution in [0.2, 0.25) is 0 Å². The molecular formula is C19H30N2O4. The summed E-state index contributed by atoms with van der Waals surface area (Å²) in [5.74, 6) is -0.640. The molecule has 3 fully saturated rings. The third-order valence-corrected chi connectivity index (χ3v) is 6.00. The lowest BCUT2D eigenvalue weighted by Crippen LogP contribution is -2.53. The number of ketones is 1. The summed E-state index contributed by atoms with van der Waals surface area (Å²) in [6.45, 7) is 8.24. The Kier molecular flexibility index (Phi) is 4.58. The van der Waals surface area contributed by atoms with E-state index in [1.165, 1.54) is 6.42 Å². The van der Waals surface area contributed by atoms with Crippen LogP contribution in [-0.2, 0) is 14.3 Å². The van der Waals surface area contributed by atoms with E-state index >= 15 is 0 Å². The summed E-state index contributed by atoms with van der Waals surface area (Å²) < 4.78 is 5.34. The van der Waals surface area contributed by atoms with Crippen molar-refractivity contribution >= 4 is 17.8 Å². The lowest BCUT2D eigenvalue weighted by atomic mass is 9.70. The molecule has 6 nitrogen and oxygen atoms in total. The van der Waals surface area contributed by atoms with E-state index < -0.39 is 17.6 Å². The van der Waals surface area contributed by atoms with Gasteiger partial charge in [0.25, 0.3) is 0 Å². The van der Waals surface area contributed by atoms with Gasteiger partial charge in [-0.25, -0.2) is 4.79 Å². The summed E-state index contributed by atoms with van der Waals surface area (Å²) >= 11 is 0. The highest BCUT2D eigenvalue weighted by Gasteiger charge is 2.56. The van der Waals surface area contributed by atoms with Crippen LogP contribution in [0.1, 0.15) is 59.8 Å². The number of hydrogen-bond donors (Lipinski definition) is 2. The van der Waals surface area contributed by atoms with Crippen LogP contribution in [0.15, 0.2) is 0 Å². The molecule has 0 aromatic carbocycles. The topological polar surface area (TPSA) is 84.5 Å². The zero-order valence-corrected chi connectivity index (χ0v) is 15.7. The van der Waals surface area contributed by atoms with Crippen LogP contribution in [0.25, 0.3) is 0 Å². The fourth-order valence-corrected chi connectivity index (χ4v) is 4.49. The average molecular weight is 350 g/mol. The highest BCUT2D eigenvalue weighted by Crippen LogP contribution is 2.47. The second kappa shape index (κ2) is 6.29. The van der Waals surface area contributed by atoms with Gasteiger partial charge in [-0.2, -0.15) is 0 Å². The van der Waals surface area contributed by atoms with Gasteiger partial charge in [0.15, 0.2) is 0 Å². The largest absolute Gasteiger partial charge is 0.444 e. The molecule has 2 amide bonds. The van der Waals surface area contributed by atoms with Crippen LogP contribution >= 0.6 is 0 Å². The van der Waals surface area contributed by atoms with Crippen molar-refractivity contribution in [3.8, 4) is 0 Å². The van der Waals surface area contributed by atoms with Crippen molar-refractivity contribution < 1.29 is 19.1 Å². The summed E-state index contributed by atoms with van der Waals surface area (Å²) in [5, 5.41) is 5.91. The molecule has 0 heterocycles. The second-order valence-electron chi connectivity index (χ2n) is 9.35. The SMILES string of the molecule is CC1(CNC(=O)[C@@H]2[C@H](NC(=O)OC(C)(C)C)[C@H]3CC(=O)[C@@H]2C3)CCC1. The first-order valence-electron chi connectivity index (χ1n) is 9.38. The highest BCUT2D eigenvalue weighted by molar-refractivity contribution is 5.93. The number of hydrogen-bond acceptors (Lipinski definition) is 4. The molecule has 2 bridgehead atoms. The van der Waals surface area contributed by atoms with Gasteiger partial charge in [-0.15, -0.1) is 0 Å². The Balaban J connectivity index is 1.65. The molecule has 3 saturated carbocycles. The Bertz CT molecular complexity index is 576. The molecule has 4 atom stereocenters. The molecule has 2 N–H and O–H groups in total. The number of carbonyl (C=O) groups is 3. The van der Waals surface area contributed by atoms with Gasteiger partial charge in [-0.1, -0.05) is 13.3 Å². The quantitative estimate of drug-likeness (QED) is 0.815. The maximum atomic E-state index is 12.8. The number of rotatable bonds is 4. The van der Waals surface area contributed by atoms with Crippen LogP contribution in [0.3, 0.4) is 0 Å². The summed E-state index contributed by atoms with van der Waals surface area (Å²) in [6, 6.07) is -0.313. The summed E-state index contributed by atoms with van der Waals surface area (Å²) in [5.41, 5.74) is -0.403. The molecule has 0 unspecified atom stereocenters. The smallest absolute Gasteiger partial charge is 0.407 e. The van der Waals surface area contributed by atoms with Crippen molar-refractivity contribution in [3.63, 3.8) is 0 Å². The van der Waals surface area contributed by atoms with Crippen LogP contribution in [0.5, 0.6) is 0 Å². The van der Waals surface area contributed by atoms with Gasteiger partial charge < -0.3 is 15.4 Å². The van der Waals surface area contributed by atoms with Gasteiger partial charge in [-0.05, 0) is 51.4 Å². The van der Waals surface area contributed by atoms with Gasteiger partial charge in [0.2, 0.25) is 5.91 Å². The number of carbonyl (C=O) groups excluding carboxylic acids is 3. The number of ether oxygens (including phenoxy) is 1. The molecule has 140 valence electrons. The predicted molar refractivity (Wildman–Crippen MR) is 92.8 cm³/mol. The minimum Gasteiger partial charge on any atom is -0.444 e. The number of nitrogens with one attached hydrogen (secondary N) is 2. The lowest BCUT2D eigenvalue weighted by Gasteiger charge is -2.39. The zero-order chi connectivity index (χ0) is 18.4. The maximum Gasteiger partial charge on any atom is 0.407 e. The molecule has 6 heteroatoms. The summed E-state index contributed by atoms with van der Waals surface area (Å²) in [7, 11) is 0. The van der Waals surface area contributed by atoms with Gasteiger partial charge >= 0.3 is 6.09 Å². The molecule has 0 aromatic rings. The normalized spacial score (nSPS) is 32.9. The fourth-order valence-electron chi connectivity index (χ4n) is 4.49. The number of alkyl carbamates (subject to hydrolysis) is 1. The van der Waals surface area contributed by atoms with Crippen molar-refractivity contribution in [1.29, 1.82) is 0 Å². The fraction of sp³-hybridized carbons (Fsp3) is 0.842. The standard InChI is InChI=1S/C19H30N2O4/c1-18(2,3)25-17(24)21-15-11-8-12(13(22)9-11)14(15)16(23)20-10-19(4)6-5-7-19/h11-12,14-15H,5-10H2,1-4H3,(H,20,23)(H,21,24)/t11-,12+,14+,15-/m1/s1. The molecule has 3 aliphatic carbocycles. The minimum atomic E-state index is -0.589. The van der Waals surface area contributed by atoms with E-state index in [2.05, 4.69) is 17.6 Å². The van der Waals surface area contributed by atoms with Crippen LogP contribution < -0.4 is 10.6 Å². The third-order valence-electron chi connectivity index (χ3n) is 6.00. The Morgan fingerprint density at radius 1 is 1.28 bits per heavy atom. The van der Waals surface area contributed by atoms with Gasteiger partial charge in [0, 0.05) is 24.9 Å². The first-order valence-corrected chi connectivity index (χ1v) is 9.38. The number of fused-ring (bicyclic) bond motifs is 2. The average Bonchev–Trinajstić information content (AvgIpc) is 2.97. The van der Waals surface area contributed by atoms with Crippen molar-refractivity contribution in [2.75, 3.05) is 6.54 Å². The highest BCUT2D eigenvalue weighted by atomic mass is 16.6. The molecule has 0 aromatic heterocycles. The molecule has 0 saturated heterocycles. The summed E-state index contributed by atoms with van der Waals surface area (Å²) in [6.07, 6.45) is 4.09. The Labute approximate surface area is 149 Å². The number of Topliss-reactive ketones (excluding diaryl/α,β-unsaturated/α-hetero) is 1.